The molecule has 6 heteroatoms. The van der Waals surface area contributed by atoms with Crippen LogP contribution in [0.15, 0.2) is 72.8 Å². The Morgan fingerprint density at radius 1 is 0.650 bits per heavy atom. The second-order valence-electron chi connectivity index (χ2n) is 12.7. The Balaban J connectivity index is 0. The number of esters is 2. The van der Waals surface area contributed by atoms with E-state index in [2.05, 4.69) is 68.5 Å². The van der Waals surface area contributed by atoms with Gasteiger partial charge in [0.25, 0.3) is 0 Å². The van der Waals surface area contributed by atoms with Gasteiger partial charge in [0.1, 0.15) is 11.5 Å². The van der Waals surface area contributed by atoms with Crippen molar-refractivity contribution >= 4 is 17.7 Å². The number of ketones is 1. The van der Waals surface area contributed by atoms with E-state index in [1.54, 1.807) is 69.3 Å². The molecule has 6 nitrogen and oxygen atoms in total. The molecule has 40 heavy (non-hydrogen) atoms. The molecule has 0 aliphatic rings. The van der Waals surface area contributed by atoms with Gasteiger partial charge in [0, 0.05) is 16.7 Å². The molecular formula is C34H50O6. The lowest BCUT2D eigenvalue weighted by molar-refractivity contribution is -0.130. The molecule has 0 fully saturated rings. The summed E-state index contributed by atoms with van der Waals surface area (Å²) in [6.07, 6.45) is -0.518. The first-order valence-corrected chi connectivity index (χ1v) is 13.2. The van der Waals surface area contributed by atoms with Crippen LogP contribution in [0.5, 0.6) is 11.5 Å². The van der Waals surface area contributed by atoms with Crippen molar-refractivity contribution in [2.24, 2.45) is 10.8 Å². The molecule has 0 amide bonds. The van der Waals surface area contributed by atoms with Gasteiger partial charge in [0.15, 0.2) is 5.78 Å². The molecule has 1 atom stereocenters. The summed E-state index contributed by atoms with van der Waals surface area (Å²) in [5.41, 5.74) is 3.07. The minimum absolute atomic E-state index is 0.0206. The molecule has 2 aromatic carbocycles. The molecule has 0 bridgehead atoms. The van der Waals surface area contributed by atoms with Gasteiger partial charge >= 0.3 is 11.9 Å². The van der Waals surface area contributed by atoms with Gasteiger partial charge < -0.3 is 14.6 Å². The summed E-state index contributed by atoms with van der Waals surface area (Å²) in [7, 11) is 0. The number of hydrogen-bond donors (Lipinski definition) is 1. The molecule has 2 rings (SSSR count). The smallest absolute Gasteiger partial charge is 0.338 e. The average molecular weight is 555 g/mol. The lowest BCUT2D eigenvalue weighted by Crippen LogP contribution is -2.08. The molecule has 0 radical (unpaired) electrons. The monoisotopic (exact) mass is 554 g/mol. The molecule has 0 aromatic heterocycles. The maximum atomic E-state index is 11.2. The molecule has 0 aliphatic heterocycles. The first-order valence-electron chi connectivity index (χ1n) is 13.2. The lowest BCUT2D eigenvalue weighted by atomic mass is 10.0. The summed E-state index contributed by atoms with van der Waals surface area (Å²) >= 11 is 0. The zero-order valence-electron chi connectivity index (χ0n) is 26.6. The number of carbonyl (C=O) groups excluding carboxylic acids is 3. The van der Waals surface area contributed by atoms with Crippen LogP contribution in [0.2, 0.25) is 0 Å². The van der Waals surface area contributed by atoms with Crippen molar-refractivity contribution in [3.8, 4) is 11.5 Å². The third-order valence-electron chi connectivity index (χ3n) is 3.74. The molecule has 222 valence electrons. The first kappa shape index (κ1) is 38.6. The van der Waals surface area contributed by atoms with E-state index in [0.29, 0.717) is 39.0 Å². The van der Waals surface area contributed by atoms with Crippen LogP contribution in [0.25, 0.3) is 0 Å². The number of aliphatic hydroxyl groups is 1. The molecule has 0 saturated heterocycles. The Morgan fingerprint density at radius 3 is 1.15 bits per heavy atom. The molecule has 0 saturated carbocycles. The largest absolute Gasteiger partial charge is 0.423 e. The Morgan fingerprint density at radius 2 is 0.925 bits per heavy atom. The quantitative estimate of drug-likeness (QED) is 0.166. The Hall–Kier alpha value is -3.51. The van der Waals surface area contributed by atoms with E-state index >= 15 is 0 Å². The second kappa shape index (κ2) is 18.0. The Bertz CT molecular complexity index is 1070. The SMILES string of the molecule is C=C(C)C(=O)Oc1ccc(C(C)=O)cc1.C=C(C)C(=O)Oc1ccc(C(C)O)cc1.CC(C)(C)C.CC(C)(C)C. The zero-order valence-corrected chi connectivity index (χ0v) is 26.6. The topological polar surface area (TPSA) is 89.9 Å². The molecule has 1 unspecified atom stereocenters. The van der Waals surface area contributed by atoms with Gasteiger partial charge in [-0.25, -0.2) is 9.59 Å². The van der Waals surface area contributed by atoms with Crippen LogP contribution >= 0.6 is 0 Å². The van der Waals surface area contributed by atoms with E-state index in [0.717, 1.165) is 5.56 Å². The molecule has 0 spiro atoms. The van der Waals surface area contributed by atoms with Gasteiger partial charge in [-0.15, -0.1) is 0 Å². The summed E-state index contributed by atoms with van der Waals surface area (Å²) in [4.78, 5) is 33.3. The fourth-order valence-electron chi connectivity index (χ4n) is 1.96. The Kier molecular flexibility index (Phi) is 17.3. The molecule has 1 N–H and O–H groups in total. The van der Waals surface area contributed by atoms with Crippen molar-refractivity contribution in [3.63, 3.8) is 0 Å². The maximum Gasteiger partial charge on any atom is 0.338 e. The maximum absolute atomic E-state index is 11.2. The van der Waals surface area contributed by atoms with Crippen LogP contribution in [0.3, 0.4) is 0 Å². The fourth-order valence-corrected chi connectivity index (χ4v) is 1.96. The van der Waals surface area contributed by atoms with Crippen molar-refractivity contribution in [1.82, 2.24) is 0 Å². The number of carbonyl (C=O) groups is 3. The standard InChI is InChI=1S/C12H14O3.C12H12O3.2C5H12/c2*1-8(2)12(14)15-11-6-4-10(5-7-11)9(3)13;2*1-5(2,3)4/h4-7,9,13H,1H2,2-3H3;4-7H,1H2,2-3H3;2*1-4H3. The minimum atomic E-state index is -0.518. The number of aliphatic hydroxyl groups excluding tert-OH is 1. The van der Waals surface area contributed by atoms with Crippen LogP contribution in [-0.4, -0.2) is 22.8 Å². The van der Waals surface area contributed by atoms with Crippen molar-refractivity contribution in [2.45, 2.75) is 89.2 Å². The number of Topliss-reactive ketones (excluding diaryl/α,β-unsaturated/α-hetero) is 1. The van der Waals surface area contributed by atoms with Crippen LogP contribution in [0.1, 0.15) is 105 Å². The van der Waals surface area contributed by atoms with E-state index in [4.69, 9.17) is 9.47 Å². The highest BCUT2D eigenvalue weighted by molar-refractivity contribution is 5.94. The molecular weight excluding hydrogens is 504 g/mol. The molecule has 0 heterocycles. The molecule has 2 aromatic rings. The highest BCUT2D eigenvalue weighted by Crippen LogP contribution is 2.18. The number of rotatable bonds is 6. The van der Waals surface area contributed by atoms with E-state index in [1.165, 1.54) is 6.92 Å². The van der Waals surface area contributed by atoms with E-state index in [-0.39, 0.29) is 5.78 Å². The van der Waals surface area contributed by atoms with E-state index in [9.17, 15) is 19.5 Å². The van der Waals surface area contributed by atoms with Gasteiger partial charge in [-0.2, -0.15) is 0 Å². The number of ether oxygens (including phenoxy) is 2. The highest BCUT2D eigenvalue weighted by Gasteiger charge is 2.07. The predicted molar refractivity (Wildman–Crippen MR) is 165 cm³/mol. The van der Waals surface area contributed by atoms with E-state index in [1.807, 2.05) is 0 Å². The average Bonchev–Trinajstić information content (AvgIpc) is 2.78. The van der Waals surface area contributed by atoms with Crippen LogP contribution in [0, 0.1) is 10.8 Å². The normalized spacial score (nSPS) is 11.0. The summed E-state index contributed by atoms with van der Waals surface area (Å²) in [5, 5.41) is 9.26. The molecule has 0 aliphatic carbocycles. The number of benzene rings is 2. The summed E-state index contributed by atoms with van der Waals surface area (Å²) < 4.78 is 9.95. The van der Waals surface area contributed by atoms with Gasteiger partial charge in [0.2, 0.25) is 0 Å². The van der Waals surface area contributed by atoms with Gasteiger partial charge in [0.05, 0.1) is 6.10 Å². The summed E-state index contributed by atoms with van der Waals surface area (Å²) in [6.45, 7) is 30.8. The van der Waals surface area contributed by atoms with Crippen LogP contribution in [0.4, 0.5) is 0 Å². The predicted octanol–water partition coefficient (Wildman–Crippen LogP) is 8.70. The van der Waals surface area contributed by atoms with E-state index < -0.39 is 18.0 Å². The summed E-state index contributed by atoms with van der Waals surface area (Å²) in [5.74, 6) is -0.0708. The minimum Gasteiger partial charge on any atom is -0.423 e. The first-order chi connectivity index (χ1) is 18.0. The second-order valence-corrected chi connectivity index (χ2v) is 12.7. The summed E-state index contributed by atoms with van der Waals surface area (Å²) in [6, 6.07) is 13.1. The van der Waals surface area contributed by atoms with Crippen molar-refractivity contribution in [3.05, 3.63) is 84.0 Å². The third kappa shape index (κ3) is 23.6. The van der Waals surface area contributed by atoms with Gasteiger partial charge in [-0.05, 0) is 80.5 Å². The van der Waals surface area contributed by atoms with Crippen molar-refractivity contribution in [1.29, 1.82) is 0 Å². The highest BCUT2D eigenvalue weighted by atomic mass is 16.5. The van der Waals surface area contributed by atoms with Gasteiger partial charge in [-0.3, -0.25) is 4.79 Å². The van der Waals surface area contributed by atoms with Crippen LogP contribution < -0.4 is 9.47 Å². The fraction of sp³-hybridized carbons (Fsp3) is 0.441. The third-order valence-corrected chi connectivity index (χ3v) is 3.74. The van der Waals surface area contributed by atoms with Crippen molar-refractivity contribution in [2.75, 3.05) is 0 Å². The van der Waals surface area contributed by atoms with Crippen molar-refractivity contribution < 1.29 is 29.0 Å². The van der Waals surface area contributed by atoms with Crippen LogP contribution in [-0.2, 0) is 9.59 Å². The lowest BCUT2D eigenvalue weighted by Gasteiger charge is -2.06. The number of hydrogen-bond acceptors (Lipinski definition) is 6. The zero-order chi connectivity index (χ0) is 31.8. The van der Waals surface area contributed by atoms with Gasteiger partial charge in [-0.1, -0.05) is 80.7 Å². The Labute approximate surface area is 242 Å².